The fourth-order valence-electron chi connectivity index (χ4n) is 2.08. The van der Waals surface area contributed by atoms with Gasteiger partial charge in [-0.25, -0.2) is 4.39 Å². The number of hydrogen-bond donors (Lipinski definition) is 2. The van der Waals surface area contributed by atoms with Gasteiger partial charge in [0.1, 0.15) is 5.82 Å². The van der Waals surface area contributed by atoms with Crippen molar-refractivity contribution in [1.29, 1.82) is 0 Å². The van der Waals surface area contributed by atoms with Gasteiger partial charge in [0.15, 0.2) is 5.96 Å². The molecule has 0 bridgehead atoms. The van der Waals surface area contributed by atoms with Crippen LogP contribution in [0, 0.1) is 5.82 Å². The normalized spacial score (nSPS) is 12.7. The smallest absolute Gasteiger partial charge is 0.191 e. The highest BCUT2D eigenvalue weighted by atomic mass is 127. The van der Waals surface area contributed by atoms with Crippen LogP contribution in [0.4, 0.5) is 4.39 Å². The minimum Gasteiger partial charge on any atom is -0.380 e. The minimum atomic E-state index is -0.220. The molecule has 0 aliphatic carbocycles. The molecule has 0 radical (unpaired) electrons. The number of nitrogens with one attached hydrogen (secondary N) is 2. The van der Waals surface area contributed by atoms with Crippen LogP contribution in [-0.2, 0) is 4.74 Å². The third kappa shape index (κ3) is 8.47. The van der Waals surface area contributed by atoms with Crippen LogP contribution in [0.15, 0.2) is 29.3 Å². The molecule has 2 N–H and O–H groups in total. The van der Waals surface area contributed by atoms with E-state index in [0.29, 0.717) is 26.3 Å². The predicted octanol–water partition coefficient (Wildman–Crippen LogP) is 2.25. The molecule has 1 aromatic rings. The van der Waals surface area contributed by atoms with Crippen molar-refractivity contribution >= 4 is 29.9 Å². The second-order valence-corrected chi connectivity index (χ2v) is 5.11. The van der Waals surface area contributed by atoms with E-state index in [0.717, 1.165) is 11.5 Å². The fourth-order valence-corrected chi connectivity index (χ4v) is 2.08. The summed E-state index contributed by atoms with van der Waals surface area (Å²) in [4.78, 5) is 6.28. The van der Waals surface area contributed by atoms with Crippen molar-refractivity contribution in [3.05, 3.63) is 35.6 Å². The van der Waals surface area contributed by atoms with Crippen molar-refractivity contribution in [2.75, 3.05) is 47.4 Å². The zero-order valence-electron chi connectivity index (χ0n) is 14.3. The molecule has 0 spiro atoms. The van der Waals surface area contributed by atoms with E-state index < -0.39 is 0 Å². The van der Waals surface area contributed by atoms with Crippen molar-refractivity contribution in [1.82, 2.24) is 15.5 Å². The number of halogens is 2. The number of rotatable bonds is 8. The second-order valence-electron chi connectivity index (χ2n) is 5.11. The number of benzene rings is 1. The topological polar surface area (TPSA) is 48.9 Å². The lowest BCUT2D eigenvalue weighted by Crippen LogP contribution is -2.42. The lowest BCUT2D eigenvalue weighted by Gasteiger charge is -2.26. The molecule has 1 aromatic carbocycles. The molecule has 0 aromatic heterocycles. The molecule has 1 atom stereocenters. The summed E-state index contributed by atoms with van der Waals surface area (Å²) in [6, 6.07) is 6.73. The van der Waals surface area contributed by atoms with E-state index in [1.807, 2.05) is 33.2 Å². The summed E-state index contributed by atoms with van der Waals surface area (Å²) in [6.07, 6.45) is 0. The van der Waals surface area contributed by atoms with E-state index in [1.54, 1.807) is 7.05 Å². The van der Waals surface area contributed by atoms with Crippen molar-refractivity contribution in [2.45, 2.75) is 13.0 Å². The first-order valence-electron chi connectivity index (χ1n) is 7.52. The van der Waals surface area contributed by atoms with Gasteiger partial charge in [-0.15, -0.1) is 24.0 Å². The minimum absolute atomic E-state index is 0. The van der Waals surface area contributed by atoms with E-state index in [1.165, 1.54) is 12.1 Å². The standard InChI is InChI=1S/C16H27FN4O.HI/c1-5-22-11-10-19-16(18-2)20-12-15(21(3)4)13-6-8-14(17)9-7-13;/h6-9,15H,5,10-12H2,1-4H3,(H2,18,19,20);1H. The lowest BCUT2D eigenvalue weighted by atomic mass is 10.1. The zero-order chi connectivity index (χ0) is 16.4. The van der Waals surface area contributed by atoms with Crippen LogP contribution in [0.1, 0.15) is 18.5 Å². The number of ether oxygens (including phenoxy) is 1. The lowest BCUT2D eigenvalue weighted by molar-refractivity contribution is 0.152. The molecule has 5 nitrogen and oxygen atoms in total. The number of likely N-dealkylation sites (N-methyl/N-ethyl adjacent to an activating group) is 1. The summed E-state index contributed by atoms with van der Waals surface area (Å²) >= 11 is 0. The van der Waals surface area contributed by atoms with Gasteiger partial charge in [0, 0.05) is 26.7 Å². The van der Waals surface area contributed by atoms with Crippen LogP contribution in [-0.4, -0.2) is 58.3 Å². The maximum Gasteiger partial charge on any atom is 0.191 e. The van der Waals surface area contributed by atoms with Gasteiger partial charge in [-0.3, -0.25) is 4.99 Å². The van der Waals surface area contributed by atoms with Gasteiger partial charge >= 0.3 is 0 Å². The Labute approximate surface area is 155 Å². The molecule has 0 saturated heterocycles. The Morgan fingerprint density at radius 1 is 1.26 bits per heavy atom. The third-order valence-corrected chi connectivity index (χ3v) is 3.31. The number of nitrogens with zero attached hydrogens (tertiary/aromatic N) is 2. The molecule has 23 heavy (non-hydrogen) atoms. The number of hydrogen-bond acceptors (Lipinski definition) is 3. The number of guanidine groups is 1. The largest absolute Gasteiger partial charge is 0.380 e. The Hall–Kier alpha value is -0.930. The number of aliphatic imine (C=N–C) groups is 1. The molecule has 0 amide bonds. The second kappa shape index (κ2) is 12.5. The van der Waals surface area contributed by atoms with Crippen LogP contribution in [0.2, 0.25) is 0 Å². The molecule has 0 aliphatic rings. The fraction of sp³-hybridized carbons (Fsp3) is 0.562. The summed E-state index contributed by atoms with van der Waals surface area (Å²) in [6.45, 7) is 4.70. The Bertz CT molecular complexity index is 454. The summed E-state index contributed by atoms with van der Waals surface area (Å²) in [5, 5.41) is 6.48. The molecule has 1 rings (SSSR count). The van der Waals surface area contributed by atoms with Crippen molar-refractivity contribution in [2.24, 2.45) is 4.99 Å². The first-order valence-corrected chi connectivity index (χ1v) is 7.52. The predicted molar refractivity (Wildman–Crippen MR) is 104 cm³/mol. The highest BCUT2D eigenvalue weighted by Crippen LogP contribution is 2.17. The van der Waals surface area contributed by atoms with E-state index in [4.69, 9.17) is 4.74 Å². The van der Waals surface area contributed by atoms with E-state index in [-0.39, 0.29) is 35.8 Å². The maximum atomic E-state index is 13.1. The van der Waals surface area contributed by atoms with Gasteiger partial charge in [-0.1, -0.05) is 12.1 Å². The van der Waals surface area contributed by atoms with E-state index in [9.17, 15) is 4.39 Å². The Balaban J connectivity index is 0.00000484. The van der Waals surface area contributed by atoms with Gasteiger partial charge in [-0.05, 0) is 38.7 Å². The average Bonchev–Trinajstić information content (AvgIpc) is 2.51. The van der Waals surface area contributed by atoms with Crippen LogP contribution < -0.4 is 10.6 Å². The van der Waals surface area contributed by atoms with Crippen molar-refractivity contribution < 1.29 is 9.13 Å². The summed E-state index contributed by atoms with van der Waals surface area (Å²) in [5.41, 5.74) is 1.06. The van der Waals surface area contributed by atoms with E-state index in [2.05, 4.69) is 20.5 Å². The van der Waals surface area contributed by atoms with Gasteiger partial charge in [0.05, 0.1) is 12.6 Å². The average molecular weight is 438 g/mol. The van der Waals surface area contributed by atoms with Crippen LogP contribution in [0.25, 0.3) is 0 Å². The van der Waals surface area contributed by atoms with Gasteiger partial charge < -0.3 is 20.3 Å². The summed E-state index contributed by atoms with van der Waals surface area (Å²) < 4.78 is 18.3. The maximum absolute atomic E-state index is 13.1. The molecule has 0 aliphatic heterocycles. The molecule has 7 heteroatoms. The van der Waals surface area contributed by atoms with E-state index >= 15 is 0 Å². The monoisotopic (exact) mass is 438 g/mol. The highest BCUT2D eigenvalue weighted by molar-refractivity contribution is 14.0. The molecular weight excluding hydrogens is 410 g/mol. The summed E-state index contributed by atoms with van der Waals surface area (Å²) in [5.74, 6) is 0.510. The Morgan fingerprint density at radius 2 is 1.91 bits per heavy atom. The van der Waals surface area contributed by atoms with Gasteiger partial charge in [0.25, 0.3) is 0 Å². The van der Waals surface area contributed by atoms with Crippen LogP contribution >= 0.6 is 24.0 Å². The van der Waals surface area contributed by atoms with Crippen molar-refractivity contribution in [3.8, 4) is 0 Å². The Kier molecular flexibility index (Phi) is 12.0. The molecule has 0 fully saturated rings. The summed E-state index contributed by atoms with van der Waals surface area (Å²) in [7, 11) is 5.74. The van der Waals surface area contributed by atoms with Crippen LogP contribution in [0.3, 0.4) is 0 Å². The molecule has 1 unspecified atom stereocenters. The van der Waals surface area contributed by atoms with Gasteiger partial charge in [0.2, 0.25) is 0 Å². The SMILES string of the molecule is CCOCCNC(=NC)NCC(c1ccc(F)cc1)N(C)C.I. The third-order valence-electron chi connectivity index (χ3n) is 3.31. The first-order chi connectivity index (χ1) is 10.6. The van der Waals surface area contributed by atoms with Crippen molar-refractivity contribution in [3.63, 3.8) is 0 Å². The molecule has 0 saturated carbocycles. The Morgan fingerprint density at radius 3 is 2.43 bits per heavy atom. The van der Waals surface area contributed by atoms with Crippen LogP contribution in [0.5, 0.6) is 0 Å². The first kappa shape index (κ1) is 22.1. The zero-order valence-corrected chi connectivity index (χ0v) is 16.6. The molecule has 0 heterocycles. The highest BCUT2D eigenvalue weighted by Gasteiger charge is 2.14. The quantitative estimate of drug-likeness (QED) is 0.283. The molecule has 132 valence electrons. The van der Waals surface area contributed by atoms with Gasteiger partial charge in [-0.2, -0.15) is 0 Å². The molecular formula is C16H28FIN4O.